The Balaban J connectivity index is 3.44. The Morgan fingerprint density at radius 2 is 2.08 bits per heavy atom. The molecule has 0 aliphatic carbocycles. The van der Waals surface area contributed by atoms with Crippen LogP contribution in [-0.2, 0) is 0 Å². The number of hydrogen-bond donors (Lipinski definition) is 2. The number of allylic oxidation sites excluding steroid dienone is 1. The summed E-state index contributed by atoms with van der Waals surface area (Å²) >= 11 is 0. The molecule has 1 unspecified atom stereocenters. The number of aliphatic hydroxyl groups is 2. The second-order valence-electron chi connectivity index (χ2n) is 3.51. The van der Waals surface area contributed by atoms with E-state index in [1.165, 1.54) is 5.57 Å². The van der Waals surface area contributed by atoms with E-state index in [-0.39, 0.29) is 12.7 Å². The van der Waals surface area contributed by atoms with E-state index < -0.39 is 0 Å². The zero-order valence-electron chi connectivity index (χ0n) is 8.79. The molecule has 0 rings (SSSR count). The minimum Gasteiger partial charge on any atom is -0.396 e. The van der Waals surface area contributed by atoms with E-state index in [2.05, 4.69) is 19.9 Å². The van der Waals surface area contributed by atoms with Gasteiger partial charge in [-0.3, -0.25) is 0 Å². The lowest BCUT2D eigenvalue weighted by Crippen LogP contribution is -2.05. The van der Waals surface area contributed by atoms with E-state index >= 15 is 0 Å². The molecule has 0 spiro atoms. The Hall–Kier alpha value is -0.340. The zero-order valence-corrected chi connectivity index (χ0v) is 8.79. The molecule has 2 heteroatoms. The van der Waals surface area contributed by atoms with Crippen molar-refractivity contribution in [3.63, 3.8) is 0 Å². The van der Waals surface area contributed by atoms with Gasteiger partial charge >= 0.3 is 0 Å². The lowest BCUT2D eigenvalue weighted by molar-refractivity contribution is 0.159. The molecular formula is C11H22O2. The summed E-state index contributed by atoms with van der Waals surface area (Å²) in [7, 11) is 0. The van der Waals surface area contributed by atoms with E-state index in [0.29, 0.717) is 0 Å². The Bertz CT molecular complexity index is 141. The van der Waals surface area contributed by atoms with Gasteiger partial charge in [0.05, 0.1) is 6.10 Å². The van der Waals surface area contributed by atoms with Crippen molar-refractivity contribution < 1.29 is 10.2 Å². The van der Waals surface area contributed by atoms with Crippen LogP contribution in [0.15, 0.2) is 11.6 Å². The number of hydrogen-bond acceptors (Lipinski definition) is 2. The Morgan fingerprint density at radius 1 is 1.38 bits per heavy atom. The third-order valence-electron chi connectivity index (χ3n) is 2.24. The molecule has 0 aromatic carbocycles. The molecule has 0 aliphatic rings. The summed E-state index contributed by atoms with van der Waals surface area (Å²) in [5, 5.41) is 18.0. The standard InChI is InChI=1S/C11H22O2/c1-3-10(2)7-8-11(13)6-4-5-9-12/h7,11-13H,3-6,8-9H2,1-2H3. The molecule has 1 atom stereocenters. The van der Waals surface area contributed by atoms with Gasteiger partial charge in [-0.25, -0.2) is 0 Å². The summed E-state index contributed by atoms with van der Waals surface area (Å²) in [6.45, 7) is 4.43. The summed E-state index contributed by atoms with van der Waals surface area (Å²) in [6, 6.07) is 0. The molecule has 0 amide bonds. The first-order valence-electron chi connectivity index (χ1n) is 5.15. The van der Waals surface area contributed by atoms with Crippen molar-refractivity contribution in [1.82, 2.24) is 0 Å². The van der Waals surface area contributed by atoms with E-state index in [1.807, 2.05) is 0 Å². The monoisotopic (exact) mass is 186 g/mol. The number of aliphatic hydroxyl groups excluding tert-OH is 2. The molecule has 0 fully saturated rings. The van der Waals surface area contributed by atoms with E-state index in [1.54, 1.807) is 0 Å². The lowest BCUT2D eigenvalue weighted by atomic mass is 10.1. The minimum atomic E-state index is -0.229. The van der Waals surface area contributed by atoms with Gasteiger partial charge in [-0.15, -0.1) is 0 Å². The molecule has 0 bridgehead atoms. The molecule has 0 saturated carbocycles. The molecule has 13 heavy (non-hydrogen) atoms. The summed E-state index contributed by atoms with van der Waals surface area (Å²) in [5.74, 6) is 0. The van der Waals surface area contributed by atoms with Crippen LogP contribution in [0.25, 0.3) is 0 Å². The van der Waals surface area contributed by atoms with Crippen LogP contribution in [0.2, 0.25) is 0 Å². The number of rotatable bonds is 7. The molecule has 0 aromatic heterocycles. The van der Waals surface area contributed by atoms with Gasteiger partial charge in [0.25, 0.3) is 0 Å². The Kier molecular flexibility index (Phi) is 8.05. The van der Waals surface area contributed by atoms with Crippen LogP contribution >= 0.6 is 0 Å². The van der Waals surface area contributed by atoms with E-state index in [9.17, 15) is 5.11 Å². The van der Waals surface area contributed by atoms with Gasteiger partial charge in [0, 0.05) is 6.61 Å². The molecule has 0 heterocycles. The predicted molar refractivity (Wildman–Crippen MR) is 55.6 cm³/mol. The van der Waals surface area contributed by atoms with Crippen LogP contribution in [0.3, 0.4) is 0 Å². The first-order valence-corrected chi connectivity index (χ1v) is 5.15. The molecule has 2 nitrogen and oxygen atoms in total. The summed E-state index contributed by atoms with van der Waals surface area (Å²) in [4.78, 5) is 0. The average molecular weight is 186 g/mol. The van der Waals surface area contributed by atoms with Crippen molar-refractivity contribution in [1.29, 1.82) is 0 Å². The van der Waals surface area contributed by atoms with Gasteiger partial charge in [0.15, 0.2) is 0 Å². The first kappa shape index (κ1) is 12.7. The topological polar surface area (TPSA) is 40.5 Å². The zero-order chi connectivity index (χ0) is 10.1. The highest BCUT2D eigenvalue weighted by Crippen LogP contribution is 2.08. The maximum atomic E-state index is 9.49. The van der Waals surface area contributed by atoms with Crippen LogP contribution < -0.4 is 0 Å². The molecule has 0 radical (unpaired) electrons. The van der Waals surface area contributed by atoms with Gasteiger partial charge in [0.2, 0.25) is 0 Å². The molecule has 78 valence electrons. The van der Waals surface area contributed by atoms with Crippen molar-refractivity contribution in [3.05, 3.63) is 11.6 Å². The van der Waals surface area contributed by atoms with Crippen molar-refractivity contribution in [2.24, 2.45) is 0 Å². The SMILES string of the molecule is CCC(C)=CCC(O)CCCCO. The van der Waals surface area contributed by atoms with Crippen molar-refractivity contribution in [2.75, 3.05) is 6.61 Å². The van der Waals surface area contributed by atoms with Gasteiger partial charge in [-0.2, -0.15) is 0 Å². The molecule has 2 N–H and O–H groups in total. The highest BCUT2D eigenvalue weighted by molar-refractivity contribution is 4.97. The maximum Gasteiger partial charge on any atom is 0.0574 e. The Labute approximate surface area is 81.3 Å². The fourth-order valence-electron chi connectivity index (χ4n) is 1.09. The van der Waals surface area contributed by atoms with Crippen LogP contribution in [0, 0.1) is 0 Å². The normalized spacial score (nSPS) is 14.6. The van der Waals surface area contributed by atoms with Crippen LogP contribution in [0.5, 0.6) is 0 Å². The molecule has 0 aromatic rings. The van der Waals surface area contributed by atoms with Crippen molar-refractivity contribution >= 4 is 0 Å². The summed E-state index contributed by atoms with van der Waals surface area (Å²) in [6.07, 6.45) is 6.20. The van der Waals surface area contributed by atoms with Crippen molar-refractivity contribution in [2.45, 2.75) is 52.1 Å². The predicted octanol–water partition coefficient (Wildman–Crippen LogP) is 2.26. The fraction of sp³-hybridized carbons (Fsp3) is 0.818. The second-order valence-corrected chi connectivity index (χ2v) is 3.51. The highest BCUT2D eigenvalue weighted by Gasteiger charge is 2.00. The molecular weight excluding hydrogens is 164 g/mol. The molecule has 0 aliphatic heterocycles. The quantitative estimate of drug-likeness (QED) is 0.473. The average Bonchev–Trinajstić information content (AvgIpc) is 2.14. The highest BCUT2D eigenvalue weighted by atomic mass is 16.3. The maximum absolute atomic E-state index is 9.49. The second kappa shape index (κ2) is 8.27. The summed E-state index contributed by atoms with van der Waals surface area (Å²) < 4.78 is 0. The largest absolute Gasteiger partial charge is 0.396 e. The minimum absolute atomic E-state index is 0.229. The third-order valence-corrected chi connectivity index (χ3v) is 2.24. The third kappa shape index (κ3) is 8.00. The van der Waals surface area contributed by atoms with Gasteiger partial charge in [0.1, 0.15) is 0 Å². The summed E-state index contributed by atoms with van der Waals surface area (Å²) in [5.41, 5.74) is 1.33. The van der Waals surface area contributed by atoms with Gasteiger partial charge in [-0.05, 0) is 39.0 Å². The van der Waals surface area contributed by atoms with E-state index in [0.717, 1.165) is 32.1 Å². The first-order chi connectivity index (χ1) is 6.20. The smallest absolute Gasteiger partial charge is 0.0574 e. The number of unbranched alkanes of at least 4 members (excludes halogenated alkanes) is 1. The fourth-order valence-corrected chi connectivity index (χ4v) is 1.09. The molecule has 0 saturated heterocycles. The van der Waals surface area contributed by atoms with Crippen LogP contribution in [0.1, 0.15) is 46.0 Å². The van der Waals surface area contributed by atoms with Gasteiger partial charge in [-0.1, -0.05) is 18.6 Å². The van der Waals surface area contributed by atoms with Crippen molar-refractivity contribution in [3.8, 4) is 0 Å². The lowest BCUT2D eigenvalue weighted by Gasteiger charge is -2.07. The van der Waals surface area contributed by atoms with E-state index in [4.69, 9.17) is 5.11 Å². The van der Waals surface area contributed by atoms with Crippen LogP contribution in [0.4, 0.5) is 0 Å². The van der Waals surface area contributed by atoms with Gasteiger partial charge < -0.3 is 10.2 Å². The van der Waals surface area contributed by atoms with Crippen LogP contribution in [-0.4, -0.2) is 22.9 Å². The Morgan fingerprint density at radius 3 is 2.62 bits per heavy atom.